The van der Waals surface area contributed by atoms with Crippen LogP contribution in [0.5, 0.6) is 28.7 Å². The van der Waals surface area contributed by atoms with Gasteiger partial charge >= 0.3 is 17.8 Å². The third-order valence-electron chi connectivity index (χ3n) is 9.08. The van der Waals surface area contributed by atoms with E-state index in [4.69, 9.17) is 28.1 Å². The number of hydrogen-bond acceptors (Lipinski definition) is 6. The van der Waals surface area contributed by atoms with Gasteiger partial charge in [-0.2, -0.15) is 26.3 Å². The van der Waals surface area contributed by atoms with Gasteiger partial charge in [-0.1, -0.05) is 18.2 Å². The first kappa shape index (κ1) is 32.3. The zero-order chi connectivity index (χ0) is 34.9. The van der Waals surface area contributed by atoms with Gasteiger partial charge in [-0.25, -0.2) is 0 Å². The molecule has 0 bridgehead atoms. The summed E-state index contributed by atoms with van der Waals surface area (Å²) in [5, 5.41) is -0.0952. The Morgan fingerprint density at radius 1 is 0.612 bits per heavy atom. The highest BCUT2D eigenvalue weighted by molar-refractivity contribution is 6.02. The molecule has 254 valence electrons. The number of furan rings is 1. The van der Waals surface area contributed by atoms with Crippen LogP contribution in [0.1, 0.15) is 28.7 Å². The van der Waals surface area contributed by atoms with E-state index in [9.17, 15) is 0 Å². The number of methoxy groups -OCH3 is 4. The van der Waals surface area contributed by atoms with Gasteiger partial charge in [-0.15, -0.1) is 0 Å². The van der Waals surface area contributed by atoms with Crippen LogP contribution in [0.25, 0.3) is 27.9 Å². The summed E-state index contributed by atoms with van der Waals surface area (Å²) in [6, 6.07) is 20.3. The number of benzene rings is 4. The third-order valence-corrected chi connectivity index (χ3v) is 9.08. The monoisotopic (exact) mass is 682 g/mol. The molecule has 6 nitrogen and oxygen atoms in total. The van der Waals surface area contributed by atoms with Crippen molar-refractivity contribution in [2.45, 2.75) is 29.8 Å². The molecule has 0 amide bonds. The lowest BCUT2D eigenvalue weighted by Crippen LogP contribution is -2.49. The Kier molecular flexibility index (Phi) is 7.53. The van der Waals surface area contributed by atoms with Gasteiger partial charge in [0.25, 0.3) is 0 Å². The van der Waals surface area contributed by atoms with E-state index in [2.05, 4.69) is 0 Å². The van der Waals surface area contributed by atoms with Crippen LogP contribution < -0.4 is 23.7 Å². The number of alkyl halides is 6. The minimum Gasteiger partial charge on any atom is -0.497 e. The Hall–Kier alpha value is -5.26. The van der Waals surface area contributed by atoms with Crippen LogP contribution in [0.15, 0.2) is 94.9 Å². The molecule has 12 heteroatoms. The summed E-state index contributed by atoms with van der Waals surface area (Å²) in [4.78, 5) is 0. The molecule has 5 aromatic rings. The minimum absolute atomic E-state index is 0.00256. The number of allylic oxidation sites excluding steroid dienone is 1. The molecule has 0 N–H and O–H groups in total. The Labute approximate surface area is 276 Å². The number of ether oxygens (including phenoxy) is 5. The smallest absolute Gasteiger partial charge is 0.380 e. The van der Waals surface area contributed by atoms with Crippen LogP contribution in [0.3, 0.4) is 0 Å². The normalized spacial score (nSPS) is 20.2. The van der Waals surface area contributed by atoms with Gasteiger partial charge in [-0.3, -0.25) is 0 Å². The SMILES string of the molecule is COc1ccc(-c2oc3cc(OC)ccc3c2C2=C(C3c4ccc(OC)cc4O[C@H]3c3ccc(OC)cc3)C(F)(F)C(F)(F)C2(F)F)cc1. The van der Waals surface area contributed by atoms with Crippen molar-refractivity contribution in [3.63, 3.8) is 0 Å². The van der Waals surface area contributed by atoms with Crippen molar-refractivity contribution >= 4 is 16.5 Å². The van der Waals surface area contributed by atoms with Crippen LogP contribution >= 0.6 is 0 Å². The molecular formula is C37H28F6O6. The van der Waals surface area contributed by atoms with Crippen molar-refractivity contribution in [1.29, 1.82) is 0 Å². The molecule has 1 aliphatic carbocycles. The fourth-order valence-electron chi connectivity index (χ4n) is 6.62. The summed E-state index contributed by atoms with van der Waals surface area (Å²) in [5.41, 5.74) is -3.25. The van der Waals surface area contributed by atoms with Gasteiger partial charge in [0.05, 0.1) is 34.4 Å². The molecule has 0 saturated carbocycles. The molecule has 0 spiro atoms. The van der Waals surface area contributed by atoms with Crippen LogP contribution in [0.2, 0.25) is 0 Å². The van der Waals surface area contributed by atoms with Crippen molar-refractivity contribution in [2.24, 2.45) is 0 Å². The van der Waals surface area contributed by atoms with Crippen LogP contribution in [0.4, 0.5) is 26.3 Å². The van der Waals surface area contributed by atoms with E-state index in [-0.39, 0.29) is 50.7 Å². The second-order valence-corrected chi connectivity index (χ2v) is 11.6. The van der Waals surface area contributed by atoms with Crippen molar-refractivity contribution < 1.29 is 54.4 Å². The largest absolute Gasteiger partial charge is 0.497 e. The summed E-state index contributed by atoms with van der Waals surface area (Å²) in [6.07, 6.45) is -1.42. The predicted molar refractivity (Wildman–Crippen MR) is 169 cm³/mol. The lowest BCUT2D eigenvalue weighted by molar-refractivity contribution is -0.261. The number of rotatable bonds is 8. The quantitative estimate of drug-likeness (QED) is 0.152. The highest BCUT2D eigenvalue weighted by Crippen LogP contribution is 2.69. The van der Waals surface area contributed by atoms with E-state index < -0.39 is 46.5 Å². The Morgan fingerprint density at radius 3 is 1.78 bits per heavy atom. The average Bonchev–Trinajstić information content (AvgIpc) is 3.70. The Balaban J connectivity index is 1.59. The van der Waals surface area contributed by atoms with Crippen molar-refractivity contribution in [3.8, 4) is 40.1 Å². The third kappa shape index (κ3) is 4.71. The maximum atomic E-state index is 16.5. The molecule has 2 atom stereocenters. The Morgan fingerprint density at radius 2 is 1.16 bits per heavy atom. The van der Waals surface area contributed by atoms with E-state index >= 15 is 26.3 Å². The summed E-state index contributed by atoms with van der Waals surface area (Å²) in [6.45, 7) is 0. The van der Waals surface area contributed by atoms with Crippen molar-refractivity contribution in [2.75, 3.05) is 28.4 Å². The maximum absolute atomic E-state index is 16.5. The molecule has 2 heterocycles. The van der Waals surface area contributed by atoms with Crippen molar-refractivity contribution in [3.05, 3.63) is 107 Å². The van der Waals surface area contributed by atoms with E-state index in [1.54, 1.807) is 0 Å². The van der Waals surface area contributed by atoms with E-state index in [1.165, 1.54) is 113 Å². The molecule has 4 aromatic carbocycles. The second-order valence-electron chi connectivity index (χ2n) is 11.6. The number of fused-ring (bicyclic) bond motifs is 2. The van der Waals surface area contributed by atoms with Gasteiger partial charge in [0.15, 0.2) is 0 Å². The molecular weight excluding hydrogens is 654 g/mol. The fourth-order valence-corrected chi connectivity index (χ4v) is 6.62. The van der Waals surface area contributed by atoms with Gasteiger partial charge in [0, 0.05) is 45.4 Å². The standard InChI is InChI=1S/C37H28F6O6/c1-44-21-9-5-19(6-10-21)33-29(25-15-13-23(46-3)17-27(25)48-33)31-32(36(40,41)37(42,43)35(31,38)39)30-26-16-14-24(47-4)18-28(26)49-34(30)20-7-11-22(45-2)12-8-20/h5-18,29,33H,1-4H3/t29?,33-/m0/s1. The van der Waals surface area contributed by atoms with E-state index in [1.807, 2.05) is 0 Å². The predicted octanol–water partition coefficient (Wildman–Crippen LogP) is 9.72. The zero-order valence-electron chi connectivity index (χ0n) is 26.5. The topological polar surface area (TPSA) is 59.3 Å². The van der Waals surface area contributed by atoms with Crippen LogP contribution in [-0.2, 0) is 0 Å². The molecule has 1 aliphatic heterocycles. The zero-order valence-corrected chi connectivity index (χ0v) is 26.5. The molecule has 1 unspecified atom stereocenters. The highest BCUT2D eigenvalue weighted by Gasteiger charge is 2.81. The van der Waals surface area contributed by atoms with Gasteiger partial charge < -0.3 is 28.1 Å². The minimum atomic E-state index is -5.84. The first-order valence-corrected chi connectivity index (χ1v) is 15.0. The molecule has 2 aliphatic rings. The number of hydrogen-bond donors (Lipinski definition) is 0. The van der Waals surface area contributed by atoms with E-state index in [0.717, 1.165) is 0 Å². The first-order valence-electron chi connectivity index (χ1n) is 15.0. The van der Waals surface area contributed by atoms with Gasteiger partial charge in [0.1, 0.15) is 46.2 Å². The lowest BCUT2D eigenvalue weighted by atomic mass is 9.80. The molecule has 7 rings (SSSR count). The van der Waals surface area contributed by atoms with Crippen LogP contribution in [0, 0.1) is 0 Å². The lowest BCUT2D eigenvalue weighted by Gasteiger charge is -2.28. The maximum Gasteiger partial charge on any atom is 0.380 e. The summed E-state index contributed by atoms with van der Waals surface area (Å²) >= 11 is 0. The molecule has 1 aromatic heterocycles. The molecule has 49 heavy (non-hydrogen) atoms. The highest BCUT2D eigenvalue weighted by atomic mass is 19.3. The van der Waals surface area contributed by atoms with Gasteiger partial charge in [-0.05, 0) is 60.2 Å². The number of halogens is 6. The molecule has 0 fully saturated rings. The first-order chi connectivity index (χ1) is 23.4. The average molecular weight is 683 g/mol. The summed E-state index contributed by atoms with van der Waals surface area (Å²) in [5.74, 6) is -17.3. The van der Waals surface area contributed by atoms with Crippen molar-refractivity contribution in [1.82, 2.24) is 0 Å². The fraction of sp³-hybridized carbons (Fsp3) is 0.243. The van der Waals surface area contributed by atoms with Gasteiger partial charge in [0.2, 0.25) is 0 Å². The molecule has 0 radical (unpaired) electrons. The Bertz CT molecular complexity index is 2090. The second kappa shape index (κ2) is 11.4. The summed E-state index contributed by atoms with van der Waals surface area (Å²) in [7, 11) is 5.60. The molecule has 0 saturated heterocycles. The van der Waals surface area contributed by atoms with Crippen LogP contribution in [-0.4, -0.2) is 46.2 Å². The summed E-state index contributed by atoms with van der Waals surface area (Å²) < 4.78 is 131. The van der Waals surface area contributed by atoms with E-state index in [0.29, 0.717) is 11.5 Å².